The van der Waals surface area contributed by atoms with Crippen molar-refractivity contribution in [2.45, 2.75) is 53.2 Å². The number of para-hydroxylation sites is 1. The molecule has 6 heteroatoms. The largest absolute Gasteiger partial charge is 0.493 e. The predicted octanol–water partition coefficient (Wildman–Crippen LogP) is 6.33. The van der Waals surface area contributed by atoms with Crippen molar-refractivity contribution in [3.63, 3.8) is 0 Å². The Bertz CT molecular complexity index is 1450. The molecule has 1 aliphatic heterocycles. The molecule has 1 unspecified atom stereocenters. The molecule has 1 atom stereocenters. The van der Waals surface area contributed by atoms with Crippen LogP contribution in [0.1, 0.15) is 67.5 Å². The summed E-state index contributed by atoms with van der Waals surface area (Å²) in [6.07, 6.45) is 2.52. The third-order valence-electron chi connectivity index (χ3n) is 7.46. The zero-order chi connectivity index (χ0) is 26.2. The molecule has 37 heavy (non-hydrogen) atoms. The fourth-order valence-corrected chi connectivity index (χ4v) is 5.92. The summed E-state index contributed by atoms with van der Waals surface area (Å²) >= 11 is 0. The number of hydrogen-bond donors (Lipinski definition) is 0. The van der Waals surface area contributed by atoms with Gasteiger partial charge >= 0.3 is 5.97 Å². The first kappa shape index (κ1) is 24.9. The predicted molar refractivity (Wildman–Crippen MR) is 148 cm³/mol. The van der Waals surface area contributed by atoms with Crippen molar-refractivity contribution < 1.29 is 14.3 Å². The van der Waals surface area contributed by atoms with Crippen LogP contribution in [0.4, 0.5) is 5.69 Å². The zero-order valence-electron chi connectivity index (χ0n) is 22.4. The van der Waals surface area contributed by atoms with E-state index >= 15 is 0 Å². The average molecular weight is 498 g/mol. The lowest BCUT2D eigenvalue weighted by atomic mass is 9.80. The van der Waals surface area contributed by atoms with Crippen molar-refractivity contribution in [3.8, 4) is 5.75 Å². The van der Waals surface area contributed by atoms with E-state index in [0.717, 1.165) is 59.5 Å². The molecule has 0 spiro atoms. The molecular weight excluding hydrogens is 462 g/mol. The number of aryl methyl sites for hydroxylation is 1. The van der Waals surface area contributed by atoms with Gasteiger partial charge in [0, 0.05) is 65.3 Å². The number of pyridine rings is 1. The highest BCUT2D eigenvalue weighted by Gasteiger charge is 2.54. The number of nitrogens with zero attached hydrogens (tertiary/aromatic N) is 3. The monoisotopic (exact) mass is 497 g/mol. The van der Waals surface area contributed by atoms with E-state index in [1.165, 1.54) is 0 Å². The van der Waals surface area contributed by atoms with Crippen LogP contribution in [0.5, 0.6) is 5.75 Å². The Morgan fingerprint density at radius 1 is 1.00 bits per heavy atom. The van der Waals surface area contributed by atoms with Gasteiger partial charge in [0.25, 0.3) is 0 Å². The quantitative estimate of drug-likeness (QED) is 0.253. The number of carbonyl (C=O) groups excluding carboxylic acids is 1. The van der Waals surface area contributed by atoms with Gasteiger partial charge in [-0.05, 0) is 64.4 Å². The van der Waals surface area contributed by atoms with Gasteiger partial charge in [0.1, 0.15) is 11.4 Å². The van der Waals surface area contributed by atoms with Crippen LogP contribution in [0.25, 0.3) is 10.9 Å². The fourth-order valence-electron chi connectivity index (χ4n) is 5.92. The number of anilines is 1. The third kappa shape index (κ3) is 3.69. The highest BCUT2D eigenvalue weighted by atomic mass is 16.6. The van der Waals surface area contributed by atoms with Crippen LogP contribution in [0.3, 0.4) is 0 Å². The molecule has 0 aliphatic carbocycles. The van der Waals surface area contributed by atoms with Gasteiger partial charge in [-0.3, -0.25) is 4.98 Å². The van der Waals surface area contributed by atoms with Crippen molar-refractivity contribution in [1.82, 2.24) is 9.55 Å². The molecule has 0 saturated carbocycles. The number of aromatic nitrogens is 2. The maximum atomic E-state index is 13.5. The number of esters is 1. The molecule has 5 rings (SSSR count). The van der Waals surface area contributed by atoms with Crippen LogP contribution < -0.4 is 9.64 Å². The molecule has 0 fully saturated rings. The molecule has 192 valence electrons. The molecule has 0 N–H and O–H groups in total. The zero-order valence-corrected chi connectivity index (χ0v) is 22.4. The van der Waals surface area contributed by atoms with E-state index < -0.39 is 5.60 Å². The number of rotatable bonds is 9. The van der Waals surface area contributed by atoms with Crippen LogP contribution in [0, 0.1) is 0 Å². The van der Waals surface area contributed by atoms with Gasteiger partial charge in [-0.15, -0.1) is 0 Å². The Hall–Kier alpha value is -3.80. The van der Waals surface area contributed by atoms with Crippen molar-refractivity contribution >= 4 is 22.6 Å². The molecule has 3 heterocycles. The van der Waals surface area contributed by atoms with Gasteiger partial charge in [-0.25, -0.2) is 4.79 Å². The van der Waals surface area contributed by atoms with E-state index in [4.69, 9.17) is 14.5 Å². The second-order valence-corrected chi connectivity index (χ2v) is 9.19. The first-order valence-electron chi connectivity index (χ1n) is 13.4. The minimum atomic E-state index is -1.23. The number of hydrogen-bond acceptors (Lipinski definition) is 5. The van der Waals surface area contributed by atoms with Crippen LogP contribution in [0.15, 0.2) is 60.8 Å². The lowest BCUT2D eigenvalue weighted by molar-refractivity contribution is 0.0237. The van der Waals surface area contributed by atoms with Gasteiger partial charge < -0.3 is 18.9 Å². The van der Waals surface area contributed by atoms with E-state index in [-0.39, 0.29) is 5.97 Å². The lowest BCUT2D eigenvalue weighted by Crippen LogP contribution is -2.32. The first-order valence-corrected chi connectivity index (χ1v) is 13.4. The number of carbonyl (C=O) groups is 1. The molecule has 2 aromatic heterocycles. The maximum absolute atomic E-state index is 13.5. The van der Waals surface area contributed by atoms with E-state index in [9.17, 15) is 4.79 Å². The smallest absolute Gasteiger partial charge is 0.341 e. The number of cyclic esters (lactones) is 1. The van der Waals surface area contributed by atoms with Crippen LogP contribution in [-0.4, -0.2) is 35.2 Å². The summed E-state index contributed by atoms with van der Waals surface area (Å²) in [6.45, 7) is 13.6. The summed E-state index contributed by atoms with van der Waals surface area (Å²) in [5.41, 5.74) is 4.97. The second-order valence-electron chi connectivity index (χ2n) is 9.19. The molecule has 0 amide bonds. The SMILES string of the molecule is CCOc1cc(N(CC)CC)ccc1C1(c2c(CC)n(CC)c3ccccc23)OC(=O)c2cccnc21. The van der Waals surface area contributed by atoms with Gasteiger partial charge in [0.05, 0.1) is 12.2 Å². The van der Waals surface area contributed by atoms with Crippen LogP contribution >= 0.6 is 0 Å². The van der Waals surface area contributed by atoms with Crippen molar-refractivity contribution in [3.05, 3.63) is 88.9 Å². The summed E-state index contributed by atoms with van der Waals surface area (Å²) in [6, 6.07) is 18.2. The van der Waals surface area contributed by atoms with Crippen molar-refractivity contribution in [2.24, 2.45) is 0 Å². The Labute approximate surface area is 218 Å². The molecular formula is C31H35N3O3. The molecule has 4 aromatic rings. The second kappa shape index (κ2) is 9.92. The Morgan fingerprint density at radius 2 is 1.78 bits per heavy atom. The molecule has 0 radical (unpaired) electrons. The van der Waals surface area contributed by atoms with Gasteiger partial charge in [0.15, 0.2) is 0 Å². The van der Waals surface area contributed by atoms with E-state index in [1.807, 2.05) is 19.1 Å². The maximum Gasteiger partial charge on any atom is 0.341 e. The van der Waals surface area contributed by atoms with Gasteiger partial charge in [-0.2, -0.15) is 0 Å². The summed E-state index contributed by atoms with van der Waals surface area (Å²) in [7, 11) is 0. The summed E-state index contributed by atoms with van der Waals surface area (Å²) in [5.74, 6) is 0.335. The Kier molecular flexibility index (Phi) is 6.67. The first-order chi connectivity index (χ1) is 18.0. The molecule has 0 saturated heterocycles. The molecule has 0 bridgehead atoms. The van der Waals surface area contributed by atoms with E-state index in [0.29, 0.717) is 23.6 Å². The lowest BCUT2D eigenvalue weighted by Gasteiger charge is -2.32. The van der Waals surface area contributed by atoms with Crippen LogP contribution in [-0.2, 0) is 23.3 Å². The van der Waals surface area contributed by atoms with Crippen LogP contribution in [0.2, 0.25) is 0 Å². The number of fused-ring (bicyclic) bond motifs is 2. The van der Waals surface area contributed by atoms with Crippen molar-refractivity contribution in [1.29, 1.82) is 0 Å². The topological polar surface area (TPSA) is 56.6 Å². The molecule has 6 nitrogen and oxygen atoms in total. The normalized spacial score (nSPS) is 16.6. The van der Waals surface area contributed by atoms with E-state index in [1.54, 1.807) is 12.3 Å². The minimum absolute atomic E-state index is 0.367. The standard InChI is InChI=1S/C31H35N3O3/c1-6-25-28(22-14-11-12-16-26(22)34(25)9-4)31(29-23(30(35)37-31)15-13-19-32-29)24-18-17-21(33(7-2)8-3)20-27(24)36-10-5/h11-20H,6-10H2,1-5H3. The summed E-state index contributed by atoms with van der Waals surface area (Å²) in [4.78, 5) is 20.5. The minimum Gasteiger partial charge on any atom is -0.493 e. The highest BCUT2D eigenvalue weighted by molar-refractivity contribution is 5.98. The molecule has 1 aliphatic rings. The number of benzene rings is 2. The Morgan fingerprint density at radius 3 is 2.49 bits per heavy atom. The Balaban J connectivity index is 1.92. The average Bonchev–Trinajstić information content (AvgIpc) is 3.42. The highest BCUT2D eigenvalue weighted by Crippen LogP contribution is 2.53. The van der Waals surface area contributed by atoms with E-state index in [2.05, 4.69) is 73.6 Å². The molecule has 2 aromatic carbocycles. The number of ether oxygens (including phenoxy) is 2. The fraction of sp³-hybridized carbons (Fsp3) is 0.355. The van der Waals surface area contributed by atoms with Gasteiger partial charge in [0.2, 0.25) is 5.60 Å². The van der Waals surface area contributed by atoms with Gasteiger partial charge in [-0.1, -0.05) is 25.1 Å². The van der Waals surface area contributed by atoms with Crippen molar-refractivity contribution in [2.75, 3.05) is 24.6 Å². The summed E-state index contributed by atoms with van der Waals surface area (Å²) < 4.78 is 15.1. The third-order valence-corrected chi connectivity index (χ3v) is 7.46. The summed E-state index contributed by atoms with van der Waals surface area (Å²) in [5, 5.41) is 1.06.